The van der Waals surface area contributed by atoms with Gasteiger partial charge in [-0.2, -0.15) is 5.26 Å². The summed E-state index contributed by atoms with van der Waals surface area (Å²) in [5.41, 5.74) is -0.654. The van der Waals surface area contributed by atoms with E-state index in [-0.39, 0.29) is 17.9 Å². The molecule has 2 fully saturated rings. The quantitative estimate of drug-likeness (QED) is 0.764. The molecule has 2 rings (SSSR count). The Hall–Kier alpha value is -1.08. The van der Waals surface area contributed by atoms with Crippen LogP contribution in [0.2, 0.25) is 0 Å². The highest BCUT2D eigenvalue weighted by Crippen LogP contribution is 2.28. The number of ether oxygens (including phenoxy) is 1. The molecule has 4 heteroatoms. The van der Waals surface area contributed by atoms with E-state index in [0.29, 0.717) is 6.61 Å². The number of nitriles is 1. The van der Waals surface area contributed by atoms with Crippen molar-refractivity contribution in [1.82, 2.24) is 5.32 Å². The van der Waals surface area contributed by atoms with Gasteiger partial charge in [-0.25, -0.2) is 0 Å². The molecule has 1 aliphatic heterocycles. The van der Waals surface area contributed by atoms with E-state index in [0.717, 1.165) is 44.9 Å². The molecule has 2 unspecified atom stereocenters. The monoisotopic (exact) mass is 250 g/mol. The van der Waals surface area contributed by atoms with Gasteiger partial charge in [-0.05, 0) is 25.2 Å². The van der Waals surface area contributed by atoms with Crippen molar-refractivity contribution in [1.29, 1.82) is 5.26 Å². The van der Waals surface area contributed by atoms with Gasteiger partial charge in [0, 0.05) is 6.61 Å². The van der Waals surface area contributed by atoms with Crippen LogP contribution >= 0.6 is 0 Å². The van der Waals surface area contributed by atoms with Crippen LogP contribution in [0.25, 0.3) is 0 Å². The Morgan fingerprint density at radius 2 is 2.00 bits per heavy atom. The number of carbonyl (C=O) groups excluding carboxylic acids is 1. The maximum Gasteiger partial charge on any atom is 0.250 e. The zero-order chi connectivity index (χ0) is 13.0. The Kier molecular flexibility index (Phi) is 4.23. The Morgan fingerprint density at radius 1 is 1.33 bits per heavy atom. The van der Waals surface area contributed by atoms with Gasteiger partial charge in [0.1, 0.15) is 11.6 Å². The number of hydrogen-bond acceptors (Lipinski definition) is 3. The van der Waals surface area contributed by atoms with Gasteiger partial charge in [-0.15, -0.1) is 0 Å². The Balaban J connectivity index is 2.01. The Morgan fingerprint density at radius 3 is 2.50 bits per heavy atom. The average molecular weight is 250 g/mol. The summed E-state index contributed by atoms with van der Waals surface area (Å²) in [6, 6.07) is 2.34. The fourth-order valence-electron chi connectivity index (χ4n) is 2.93. The van der Waals surface area contributed by atoms with Gasteiger partial charge in [0.25, 0.3) is 5.91 Å². The Bertz CT molecular complexity index is 340. The number of hydrogen-bond donors (Lipinski definition) is 1. The second-order valence-electron chi connectivity index (χ2n) is 5.65. The SMILES string of the molecule is CC1CCOC1C(=O)NC1(C#N)CCCCCC1. The first-order chi connectivity index (χ1) is 8.67. The van der Waals surface area contributed by atoms with E-state index in [2.05, 4.69) is 11.4 Å². The second-order valence-corrected chi connectivity index (χ2v) is 5.65. The van der Waals surface area contributed by atoms with Crippen molar-refractivity contribution in [2.45, 2.75) is 63.5 Å². The number of rotatable bonds is 2. The molecular weight excluding hydrogens is 228 g/mol. The molecule has 1 aliphatic carbocycles. The van der Waals surface area contributed by atoms with Gasteiger partial charge in [0.15, 0.2) is 0 Å². The Labute approximate surface area is 109 Å². The minimum Gasteiger partial charge on any atom is -0.368 e. The van der Waals surface area contributed by atoms with E-state index in [1.165, 1.54) is 0 Å². The van der Waals surface area contributed by atoms with Crippen molar-refractivity contribution >= 4 is 5.91 Å². The molecule has 1 amide bonds. The molecule has 100 valence electrons. The van der Waals surface area contributed by atoms with E-state index in [9.17, 15) is 10.1 Å². The summed E-state index contributed by atoms with van der Waals surface area (Å²) < 4.78 is 5.47. The predicted molar refractivity (Wildman–Crippen MR) is 67.7 cm³/mol. The van der Waals surface area contributed by atoms with Crippen LogP contribution in [0.3, 0.4) is 0 Å². The van der Waals surface area contributed by atoms with Crippen molar-refractivity contribution in [3.8, 4) is 6.07 Å². The van der Waals surface area contributed by atoms with Gasteiger partial charge in [0.05, 0.1) is 6.07 Å². The number of nitrogens with one attached hydrogen (secondary N) is 1. The van der Waals surface area contributed by atoms with Crippen LogP contribution in [0.5, 0.6) is 0 Å². The highest BCUT2D eigenvalue weighted by atomic mass is 16.5. The number of nitrogens with zero attached hydrogens (tertiary/aromatic N) is 1. The summed E-state index contributed by atoms with van der Waals surface area (Å²) >= 11 is 0. The minimum absolute atomic E-state index is 0.0940. The maximum atomic E-state index is 12.2. The smallest absolute Gasteiger partial charge is 0.250 e. The van der Waals surface area contributed by atoms with Crippen LogP contribution in [0.4, 0.5) is 0 Å². The van der Waals surface area contributed by atoms with Crippen molar-refractivity contribution in [3.63, 3.8) is 0 Å². The zero-order valence-corrected chi connectivity index (χ0v) is 11.1. The number of amides is 1. The van der Waals surface area contributed by atoms with Crippen molar-refractivity contribution < 1.29 is 9.53 Å². The lowest BCUT2D eigenvalue weighted by Gasteiger charge is -2.28. The molecule has 0 aromatic heterocycles. The van der Waals surface area contributed by atoms with Crippen LogP contribution in [0.15, 0.2) is 0 Å². The van der Waals surface area contributed by atoms with Gasteiger partial charge >= 0.3 is 0 Å². The van der Waals surface area contributed by atoms with Crippen LogP contribution in [0, 0.1) is 17.2 Å². The van der Waals surface area contributed by atoms with Gasteiger partial charge < -0.3 is 10.1 Å². The molecule has 18 heavy (non-hydrogen) atoms. The maximum absolute atomic E-state index is 12.2. The molecule has 0 bridgehead atoms. The third kappa shape index (κ3) is 2.84. The zero-order valence-electron chi connectivity index (χ0n) is 11.1. The molecule has 1 saturated carbocycles. The fourth-order valence-corrected chi connectivity index (χ4v) is 2.93. The highest BCUT2D eigenvalue weighted by molar-refractivity contribution is 5.82. The molecule has 4 nitrogen and oxygen atoms in total. The van der Waals surface area contributed by atoms with E-state index >= 15 is 0 Å². The first-order valence-corrected chi connectivity index (χ1v) is 7.02. The van der Waals surface area contributed by atoms with Crippen LogP contribution in [-0.4, -0.2) is 24.2 Å². The lowest BCUT2D eigenvalue weighted by Crippen LogP contribution is -2.51. The van der Waals surface area contributed by atoms with E-state index in [4.69, 9.17) is 4.74 Å². The minimum atomic E-state index is -0.654. The molecule has 1 saturated heterocycles. The summed E-state index contributed by atoms with van der Waals surface area (Å²) in [5, 5.41) is 12.4. The van der Waals surface area contributed by atoms with Gasteiger partial charge in [0.2, 0.25) is 0 Å². The molecule has 1 N–H and O–H groups in total. The third-order valence-electron chi connectivity index (χ3n) is 4.18. The normalized spacial score (nSPS) is 31.3. The third-order valence-corrected chi connectivity index (χ3v) is 4.18. The fraction of sp³-hybridized carbons (Fsp3) is 0.857. The standard InChI is InChI=1S/C14H22N2O2/c1-11-6-9-18-12(11)13(17)16-14(10-15)7-4-2-3-5-8-14/h11-12H,2-9H2,1H3,(H,16,17). The molecule has 0 spiro atoms. The van der Waals surface area contributed by atoms with Crippen molar-refractivity contribution in [2.24, 2.45) is 5.92 Å². The summed E-state index contributed by atoms with van der Waals surface area (Å²) in [7, 11) is 0. The summed E-state index contributed by atoms with van der Waals surface area (Å²) in [6.07, 6.45) is 6.48. The van der Waals surface area contributed by atoms with Crippen molar-refractivity contribution in [3.05, 3.63) is 0 Å². The molecule has 2 atom stereocenters. The number of carbonyl (C=O) groups is 1. The molecule has 0 aromatic carbocycles. The molecule has 1 heterocycles. The largest absolute Gasteiger partial charge is 0.368 e. The first-order valence-electron chi connectivity index (χ1n) is 7.02. The second kappa shape index (κ2) is 5.71. The lowest BCUT2D eigenvalue weighted by molar-refractivity contribution is -0.133. The van der Waals surface area contributed by atoms with E-state index in [1.807, 2.05) is 6.92 Å². The van der Waals surface area contributed by atoms with Gasteiger partial charge in [-0.3, -0.25) is 4.79 Å². The predicted octanol–water partition coefficient (Wildman–Crippen LogP) is 2.14. The summed E-state index contributed by atoms with van der Waals surface area (Å²) in [4.78, 5) is 12.2. The molecule has 2 aliphatic rings. The summed E-state index contributed by atoms with van der Waals surface area (Å²) in [5.74, 6) is 0.162. The lowest BCUT2D eigenvalue weighted by atomic mass is 9.91. The van der Waals surface area contributed by atoms with Crippen LogP contribution < -0.4 is 5.32 Å². The topological polar surface area (TPSA) is 62.1 Å². The average Bonchev–Trinajstić information content (AvgIpc) is 2.66. The summed E-state index contributed by atoms with van der Waals surface area (Å²) in [6.45, 7) is 2.68. The van der Waals surface area contributed by atoms with E-state index < -0.39 is 5.54 Å². The molecule has 0 aromatic rings. The first kappa shape index (κ1) is 13.4. The molecule has 0 radical (unpaired) electrons. The van der Waals surface area contributed by atoms with Crippen molar-refractivity contribution in [2.75, 3.05) is 6.61 Å². The van der Waals surface area contributed by atoms with E-state index in [1.54, 1.807) is 0 Å². The van der Waals surface area contributed by atoms with Crippen LogP contribution in [-0.2, 0) is 9.53 Å². The molecular formula is C14H22N2O2. The van der Waals surface area contributed by atoms with Crippen LogP contribution in [0.1, 0.15) is 51.9 Å². The highest BCUT2D eigenvalue weighted by Gasteiger charge is 2.38. The van der Waals surface area contributed by atoms with Gasteiger partial charge in [-0.1, -0.05) is 32.6 Å².